The van der Waals surface area contributed by atoms with Crippen LogP contribution in [0.1, 0.15) is 28.9 Å². The Balaban J connectivity index is 1.45. The van der Waals surface area contributed by atoms with Crippen LogP contribution in [0.25, 0.3) is 21.7 Å². The predicted molar refractivity (Wildman–Crippen MR) is 115 cm³/mol. The van der Waals surface area contributed by atoms with E-state index in [1.807, 2.05) is 49.4 Å². The summed E-state index contributed by atoms with van der Waals surface area (Å²) in [6, 6.07) is 21.7. The monoisotopic (exact) mass is 400 g/mol. The molecule has 0 saturated carbocycles. The van der Waals surface area contributed by atoms with Crippen molar-refractivity contribution >= 4 is 33.6 Å². The molecule has 4 rings (SSSR count). The lowest BCUT2D eigenvalue weighted by molar-refractivity contribution is -0.124. The van der Waals surface area contributed by atoms with E-state index in [-0.39, 0.29) is 11.6 Å². The molecule has 0 bridgehead atoms. The summed E-state index contributed by atoms with van der Waals surface area (Å²) in [5, 5.41) is 5.56. The lowest BCUT2D eigenvalue weighted by Gasteiger charge is -2.16. The fraction of sp³-hybridized carbons (Fsp3) is 0.125. The number of amides is 1. The Morgan fingerprint density at radius 1 is 0.967 bits per heavy atom. The molecule has 0 aliphatic heterocycles. The Morgan fingerprint density at radius 3 is 2.50 bits per heavy atom. The molecule has 150 valence electrons. The quantitative estimate of drug-likeness (QED) is 0.500. The maximum absolute atomic E-state index is 12.5. The molecule has 3 aromatic carbocycles. The summed E-state index contributed by atoms with van der Waals surface area (Å²) in [5.74, 6) is -1.14. The van der Waals surface area contributed by atoms with E-state index in [2.05, 4.69) is 10.3 Å². The zero-order valence-corrected chi connectivity index (χ0v) is 16.3. The fourth-order valence-electron chi connectivity index (χ4n) is 3.57. The average molecular weight is 400 g/mol. The Bertz CT molecular complexity index is 1300. The van der Waals surface area contributed by atoms with Crippen LogP contribution in [0.2, 0.25) is 0 Å². The van der Waals surface area contributed by atoms with Gasteiger partial charge in [-0.25, -0.2) is 4.79 Å². The van der Waals surface area contributed by atoms with Crippen LogP contribution in [0.3, 0.4) is 0 Å². The third-order valence-electron chi connectivity index (χ3n) is 4.97. The van der Waals surface area contributed by atoms with Gasteiger partial charge in [0.2, 0.25) is 5.56 Å². The van der Waals surface area contributed by atoms with Gasteiger partial charge in [0.15, 0.2) is 6.61 Å². The van der Waals surface area contributed by atoms with Crippen molar-refractivity contribution in [3.8, 4) is 0 Å². The van der Waals surface area contributed by atoms with Crippen molar-refractivity contribution in [3.63, 3.8) is 0 Å². The van der Waals surface area contributed by atoms with E-state index in [1.165, 1.54) is 6.07 Å². The number of aromatic amines is 1. The van der Waals surface area contributed by atoms with Gasteiger partial charge in [0.25, 0.3) is 5.91 Å². The molecule has 0 saturated heterocycles. The lowest BCUT2D eigenvalue weighted by Crippen LogP contribution is -2.31. The first-order chi connectivity index (χ1) is 14.5. The summed E-state index contributed by atoms with van der Waals surface area (Å²) in [4.78, 5) is 39.3. The van der Waals surface area contributed by atoms with Crippen molar-refractivity contribution in [2.45, 2.75) is 13.0 Å². The topological polar surface area (TPSA) is 88.3 Å². The van der Waals surface area contributed by atoms with Crippen molar-refractivity contribution in [1.82, 2.24) is 10.3 Å². The standard InChI is InChI=1S/C24H20N2O4/c1-15(17-11-6-8-16-7-2-3-9-18(16)17)25-23(28)14-30-24(29)20-13-22(27)26-21-12-5-4-10-19(20)21/h2-13,15H,14H2,1H3,(H,25,28)(H,26,27)/t15-/m0/s1. The van der Waals surface area contributed by atoms with Gasteiger partial charge >= 0.3 is 5.97 Å². The molecule has 30 heavy (non-hydrogen) atoms. The van der Waals surface area contributed by atoms with Crippen LogP contribution in [-0.4, -0.2) is 23.5 Å². The van der Waals surface area contributed by atoms with Crippen LogP contribution in [0, 0.1) is 0 Å². The largest absolute Gasteiger partial charge is 0.452 e. The second-order valence-electron chi connectivity index (χ2n) is 7.03. The summed E-state index contributed by atoms with van der Waals surface area (Å²) >= 11 is 0. The van der Waals surface area contributed by atoms with Crippen LogP contribution in [-0.2, 0) is 9.53 Å². The van der Waals surface area contributed by atoms with Crippen LogP contribution in [0.15, 0.2) is 77.6 Å². The number of carbonyl (C=O) groups is 2. The molecule has 0 aliphatic rings. The van der Waals surface area contributed by atoms with E-state index >= 15 is 0 Å². The van der Waals surface area contributed by atoms with Gasteiger partial charge in [-0.3, -0.25) is 9.59 Å². The molecule has 1 aromatic heterocycles. The first-order valence-corrected chi connectivity index (χ1v) is 9.59. The maximum Gasteiger partial charge on any atom is 0.339 e. The van der Waals surface area contributed by atoms with Crippen LogP contribution in [0.5, 0.6) is 0 Å². The number of ether oxygens (including phenoxy) is 1. The molecular formula is C24H20N2O4. The number of H-pyrrole nitrogens is 1. The number of aromatic nitrogens is 1. The molecule has 1 atom stereocenters. The number of rotatable bonds is 5. The molecule has 1 heterocycles. The van der Waals surface area contributed by atoms with Crippen molar-refractivity contribution in [1.29, 1.82) is 0 Å². The van der Waals surface area contributed by atoms with E-state index in [0.717, 1.165) is 16.3 Å². The first-order valence-electron chi connectivity index (χ1n) is 9.59. The third kappa shape index (κ3) is 3.93. The molecule has 6 nitrogen and oxygen atoms in total. The first kappa shape index (κ1) is 19.4. The predicted octanol–water partition coefficient (Wildman–Crippen LogP) is 3.72. The second-order valence-corrected chi connectivity index (χ2v) is 7.03. The van der Waals surface area contributed by atoms with Gasteiger partial charge in [-0.15, -0.1) is 0 Å². The van der Waals surface area contributed by atoms with Gasteiger partial charge in [0.05, 0.1) is 11.6 Å². The number of esters is 1. The molecule has 0 spiro atoms. The molecule has 4 aromatic rings. The minimum atomic E-state index is -0.717. The highest BCUT2D eigenvalue weighted by Gasteiger charge is 2.17. The Morgan fingerprint density at radius 2 is 1.67 bits per heavy atom. The SMILES string of the molecule is C[C@H](NC(=O)COC(=O)c1cc(=O)[nH]c2ccccc12)c1cccc2ccccc12. The minimum Gasteiger partial charge on any atom is -0.452 e. The second kappa shape index (κ2) is 8.21. The van der Waals surface area contributed by atoms with Crippen LogP contribution in [0.4, 0.5) is 0 Å². The highest BCUT2D eigenvalue weighted by Crippen LogP contribution is 2.24. The van der Waals surface area contributed by atoms with E-state index in [4.69, 9.17) is 4.74 Å². The van der Waals surface area contributed by atoms with E-state index in [1.54, 1.807) is 24.3 Å². The Kier molecular flexibility index (Phi) is 5.30. The zero-order valence-electron chi connectivity index (χ0n) is 16.3. The number of carbonyl (C=O) groups excluding carboxylic acids is 2. The number of hydrogen-bond donors (Lipinski definition) is 2. The molecule has 0 aliphatic carbocycles. The van der Waals surface area contributed by atoms with E-state index < -0.39 is 24.0 Å². The number of fused-ring (bicyclic) bond motifs is 2. The van der Waals surface area contributed by atoms with E-state index in [9.17, 15) is 14.4 Å². The molecule has 6 heteroatoms. The molecule has 0 unspecified atom stereocenters. The van der Waals surface area contributed by atoms with Gasteiger partial charge in [-0.2, -0.15) is 0 Å². The molecular weight excluding hydrogens is 380 g/mol. The van der Waals surface area contributed by atoms with Crippen LogP contribution >= 0.6 is 0 Å². The maximum atomic E-state index is 12.5. The fourth-order valence-corrected chi connectivity index (χ4v) is 3.57. The van der Waals surface area contributed by atoms with Crippen molar-refractivity contribution in [2.24, 2.45) is 0 Å². The number of hydrogen-bond acceptors (Lipinski definition) is 4. The van der Waals surface area contributed by atoms with Gasteiger partial charge in [0.1, 0.15) is 0 Å². The summed E-state index contributed by atoms with van der Waals surface area (Å²) in [7, 11) is 0. The van der Waals surface area contributed by atoms with E-state index in [0.29, 0.717) is 10.9 Å². The molecule has 0 fully saturated rings. The molecule has 0 radical (unpaired) electrons. The Hall–Kier alpha value is -3.93. The van der Waals surface area contributed by atoms with Gasteiger partial charge in [-0.05, 0) is 29.3 Å². The smallest absolute Gasteiger partial charge is 0.339 e. The lowest BCUT2D eigenvalue weighted by atomic mass is 10.00. The number of pyridine rings is 1. The van der Waals surface area contributed by atoms with Crippen molar-refractivity contribution < 1.29 is 14.3 Å². The summed E-state index contributed by atoms with van der Waals surface area (Å²) in [5.41, 5.74) is 1.23. The summed E-state index contributed by atoms with van der Waals surface area (Å²) < 4.78 is 5.17. The normalized spacial score (nSPS) is 11.9. The van der Waals surface area contributed by atoms with Gasteiger partial charge in [0, 0.05) is 17.0 Å². The van der Waals surface area contributed by atoms with Crippen molar-refractivity contribution in [2.75, 3.05) is 6.61 Å². The van der Waals surface area contributed by atoms with Crippen LogP contribution < -0.4 is 10.9 Å². The number of para-hydroxylation sites is 1. The van der Waals surface area contributed by atoms with Gasteiger partial charge in [-0.1, -0.05) is 60.7 Å². The zero-order chi connectivity index (χ0) is 21.1. The summed E-state index contributed by atoms with van der Waals surface area (Å²) in [6.07, 6.45) is 0. The Labute approximate surface area is 172 Å². The third-order valence-corrected chi connectivity index (χ3v) is 4.97. The highest BCUT2D eigenvalue weighted by molar-refractivity contribution is 6.03. The van der Waals surface area contributed by atoms with Gasteiger partial charge < -0.3 is 15.0 Å². The molecule has 1 amide bonds. The highest BCUT2D eigenvalue weighted by atomic mass is 16.5. The van der Waals surface area contributed by atoms with Crippen molar-refractivity contribution in [3.05, 3.63) is 94.3 Å². The number of nitrogens with one attached hydrogen (secondary N) is 2. The minimum absolute atomic E-state index is 0.129. The average Bonchev–Trinajstić information content (AvgIpc) is 2.76. The number of benzene rings is 3. The summed E-state index contributed by atoms with van der Waals surface area (Å²) in [6.45, 7) is 1.45. The molecule has 2 N–H and O–H groups in total.